The molecule has 4 N–H and O–H groups in total. The summed E-state index contributed by atoms with van der Waals surface area (Å²) < 4.78 is 7.92. The average molecular weight is 296 g/mol. The molecule has 1 fully saturated rings. The van der Waals surface area contributed by atoms with E-state index in [1.165, 1.54) is 5.56 Å². The molecule has 0 saturated carbocycles. The molecule has 0 radical (unpaired) electrons. The summed E-state index contributed by atoms with van der Waals surface area (Å²) in [5.74, 6) is 2.15. The summed E-state index contributed by atoms with van der Waals surface area (Å²) in [5.41, 5.74) is 8.20. The average Bonchev–Trinajstić information content (AvgIpc) is 3.02. The second kappa shape index (κ2) is 5.40. The number of aliphatic hydroxyl groups is 1. The molecule has 20 heavy (non-hydrogen) atoms. The first-order valence-corrected chi connectivity index (χ1v) is 7.83. The zero-order chi connectivity index (χ0) is 14.3. The maximum Gasteiger partial charge on any atom is 0.145 e. The van der Waals surface area contributed by atoms with Crippen molar-refractivity contribution in [3.63, 3.8) is 0 Å². The van der Waals surface area contributed by atoms with E-state index in [4.69, 9.17) is 10.5 Å². The van der Waals surface area contributed by atoms with Gasteiger partial charge in [0, 0.05) is 17.5 Å². The zero-order valence-corrected chi connectivity index (χ0v) is 12.4. The number of aliphatic hydroxyl groups excluding tert-OH is 1. The molecule has 3 rings (SSSR count). The van der Waals surface area contributed by atoms with Crippen LogP contribution in [0.5, 0.6) is 0 Å². The van der Waals surface area contributed by atoms with Crippen LogP contribution in [0.1, 0.15) is 43.3 Å². The number of anilines is 1. The Balaban J connectivity index is 1.99. The number of fused-ring (bicyclic) bond motifs is 1. The molecule has 110 valence electrons. The lowest BCUT2D eigenvalue weighted by Gasteiger charge is -2.21. The molecular formula is C13H20N4O2S. The molecule has 6 nitrogen and oxygen atoms in total. The Kier molecular flexibility index (Phi) is 3.76. The third-order valence-corrected chi connectivity index (χ3v) is 4.76. The Hall–Kier alpha value is -1.02. The molecule has 1 aromatic heterocycles. The van der Waals surface area contributed by atoms with E-state index in [1.54, 1.807) is 18.1 Å². The standard InChI is InChI=1S/C13H20N4O2S/c1-7(2)8-3-17(9-5-20-10(4-18)19-9)13-11(8)12(14)15-6-16-13/h3,6-7,9-10,12,18H,4-5,14H2,1-2H3,(H,15,16)/t9-,10+,12?/m1/s1. The van der Waals surface area contributed by atoms with Gasteiger partial charge in [0.05, 0.1) is 12.9 Å². The van der Waals surface area contributed by atoms with Gasteiger partial charge in [0.1, 0.15) is 23.6 Å². The maximum absolute atomic E-state index is 9.19. The number of aromatic nitrogens is 1. The molecule has 0 aromatic carbocycles. The number of hydrogen-bond acceptors (Lipinski definition) is 6. The Bertz CT molecular complexity index is 529. The van der Waals surface area contributed by atoms with Crippen LogP contribution in [-0.2, 0) is 4.74 Å². The van der Waals surface area contributed by atoms with Crippen LogP contribution in [0, 0.1) is 0 Å². The number of aliphatic imine (C=N–C) groups is 1. The second-order valence-electron chi connectivity index (χ2n) is 5.31. The summed E-state index contributed by atoms with van der Waals surface area (Å²) in [7, 11) is 0. The van der Waals surface area contributed by atoms with Gasteiger partial charge in [0.25, 0.3) is 0 Å². The van der Waals surface area contributed by atoms with Crippen molar-refractivity contribution in [3.05, 3.63) is 17.3 Å². The number of rotatable bonds is 3. The second-order valence-corrected chi connectivity index (χ2v) is 6.50. The van der Waals surface area contributed by atoms with Gasteiger partial charge in [0.15, 0.2) is 0 Å². The van der Waals surface area contributed by atoms with Crippen LogP contribution >= 0.6 is 11.8 Å². The van der Waals surface area contributed by atoms with Crippen LogP contribution in [0.15, 0.2) is 11.2 Å². The predicted octanol–water partition coefficient (Wildman–Crippen LogP) is 1.60. The molecule has 1 saturated heterocycles. The van der Waals surface area contributed by atoms with Crippen molar-refractivity contribution in [3.8, 4) is 0 Å². The SMILES string of the molecule is CC(C)c1cn([C@H]2CS[C@@H](CO)O2)c2c1C(N)N=CN2. The topological polar surface area (TPSA) is 84.8 Å². The Morgan fingerprint density at radius 2 is 2.45 bits per heavy atom. The molecule has 0 spiro atoms. The van der Waals surface area contributed by atoms with Crippen molar-refractivity contribution < 1.29 is 9.84 Å². The van der Waals surface area contributed by atoms with Crippen molar-refractivity contribution in [2.75, 3.05) is 17.7 Å². The first kappa shape index (κ1) is 13.9. The molecule has 3 heterocycles. The first-order valence-electron chi connectivity index (χ1n) is 6.78. The van der Waals surface area contributed by atoms with Crippen LogP contribution in [0.25, 0.3) is 0 Å². The van der Waals surface area contributed by atoms with Gasteiger partial charge in [-0.15, -0.1) is 11.8 Å². The van der Waals surface area contributed by atoms with E-state index in [-0.39, 0.29) is 24.4 Å². The van der Waals surface area contributed by atoms with E-state index in [2.05, 4.69) is 34.9 Å². The highest BCUT2D eigenvalue weighted by molar-refractivity contribution is 8.00. The third-order valence-electron chi connectivity index (χ3n) is 3.65. The Morgan fingerprint density at radius 3 is 3.10 bits per heavy atom. The van der Waals surface area contributed by atoms with E-state index < -0.39 is 0 Å². The van der Waals surface area contributed by atoms with Crippen LogP contribution in [0.3, 0.4) is 0 Å². The minimum atomic E-state index is -0.326. The highest BCUT2D eigenvalue weighted by atomic mass is 32.2. The minimum Gasteiger partial charge on any atom is -0.393 e. The third kappa shape index (κ3) is 2.24. The molecule has 0 amide bonds. The van der Waals surface area contributed by atoms with Crippen molar-refractivity contribution in [1.82, 2.24) is 4.57 Å². The molecule has 7 heteroatoms. The number of nitrogens with zero attached hydrogens (tertiary/aromatic N) is 2. The largest absolute Gasteiger partial charge is 0.393 e. The van der Waals surface area contributed by atoms with E-state index in [0.29, 0.717) is 5.92 Å². The molecule has 0 aliphatic carbocycles. The zero-order valence-electron chi connectivity index (χ0n) is 11.6. The molecule has 2 aliphatic rings. The molecule has 1 unspecified atom stereocenters. The van der Waals surface area contributed by atoms with Crippen LogP contribution < -0.4 is 11.1 Å². The van der Waals surface area contributed by atoms with Gasteiger partial charge in [-0.25, -0.2) is 0 Å². The van der Waals surface area contributed by atoms with Gasteiger partial charge in [-0.05, 0) is 11.5 Å². The fraction of sp³-hybridized carbons (Fsp3) is 0.615. The molecule has 1 aromatic rings. The smallest absolute Gasteiger partial charge is 0.145 e. The highest BCUT2D eigenvalue weighted by Gasteiger charge is 2.32. The first-order chi connectivity index (χ1) is 9.61. The quantitative estimate of drug-likeness (QED) is 0.789. The lowest BCUT2D eigenvalue weighted by molar-refractivity contribution is -0.00255. The van der Waals surface area contributed by atoms with Crippen LogP contribution in [-0.4, -0.2) is 33.8 Å². The minimum absolute atomic E-state index is 0.0378. The van der Waals surface area contributed by atoms with E-state index in [1.807, 2.05) is 0 Å². The summed E-state index contributed by atoms with van der Waals surface area (Å²) in [4.78, 5) is 4.23. The highest BCUT2D eigenvalue weighted by Crippen LogP contribution is 2.40. The van der Waals surface area contributed by atoms with Gasteiger partial charge in [-0.3, -0.25) is 4.99 Å². The van der Waals surface area contributed by atoms with Gasteiger partial charge in [-0.2, -0.15) is 0 Å². The van der Waals surface area contributed by atoms with Gasteiger partial charge in [-0.1, -0.05) is 13.8 Å². The van der Waals surface area contributed by atoms with Gasteiger partial charge >= 0.3 is 0 Å². The van der Waals surface area contributed by atoms with Crippen molar-refractivity contribution >= 4 is 23.9 Å². The summed E-state index contributed by atoms with van der Waals surface area (Å²) >= 11 is 1.63. The summed E-state index contributed by atoms with van der Waals surface area (Å²) in [6, 6.07) is 0. The van der Waals surface area contributed by atoms with E-state index in [0.717, 1.165) is 17.1 Å². The summed E-state index contributed by atoms with van der Waals surface area (Å²) in [6.45, 7) is 4.33. The molecule has 0 bridgehead atoms. The molecule has 2 aliphatic heterocycles. The Morgan fingerprint density at radius 1 is 1.65 bits per heavy atom. The van der Waals surface area contributed by atoms with Crippen LogP contribution in [0.4, 0.5) is 5.82 Å². The van der Waals surface area contributed by atoms with Crippen LogP contribution in [0.2, 0.25) is 0 Å². The fourth-order valence-corrected chi connectivity index (χ4v) is 3.58. The molecular weight excluding hydrogens is 276 g/mol. The van der Waals surface area contributed by atoms with Crippen molar-refractivity contribution in [2.45, 2.75) is 37.6 Å². The summed E-state index contributed by atoms with van der Waals surface area (Å²) in [6.07, 6.45) is 3.33. The predicted molar refractivity (Wildman–Crippen MR) is 81.0 cm³/mol. The lowest BCUT2D eigenvalue weighted by atomic mass is 10.00. The Labute approximate surface area is 122 Å². The normalized spacial score (nSPS) is 28.8. The van der Waals surface area contributed by atoms with Crippen molar-refractivity contribution in [1.29, 1.82) is 0 Å². The number of thioether (sulfide) groups is 1. The van der Waals surface area contributed by atoms with Gasteiger partial charge < -0.3 is 25.5 Å². The maximum atomic E-state index is 9.19. The summed E-state index contributed by atoms with van der Waals surface area (Å²) in [5, 5.41) is 12.4. The van der Waals surface area contributed by atoms with E-state index >= 15 is 0 Å². The number of nitrogens with two attached hydrogens (primary N) is 1. The number of hydrogen-bond donors (Lipinski definition) is 3. The number of nitrogens with one attached hydrogen (secondary N) is 1. The fourth-order valence-electron chi connectivity index (χ4n) is 2.65. The lowest BCUT2D eigenvalue weighted by Crippen LogP contribution is -2.21. The number of ether oxygens (including phenoxy) is 1. The van der Waals surface area contributed by atoms with E-state index in [9.17, 15) is 5.11 Å². The van der Waals surface area contributed by atoms with Gasteiger partial charge in [0.2, 0.25) is 0 Å². The monoisotopic (exact) mass is 296 g/mol. The van der Waals surface area contributed by atoms with Crippen molar-refractivity contribution in [2.24, 2.45) is 10.7 Å². The molecule has 3 atom stereocenters.